The van der Waals surface area contributed by atoms with E-state index in [1.165, 1.54) is 44.6 Å². The molecule has 0 atom stereocenters. The summed E-state index contributed by atoms with van der Waals surface area (Å²) in [4.78, 5) is 12.7. The molecule has 35 heavy (non-hydrogen) atoms. The van der Waals surface area contributed by atoms with Gasteiger partial charge in [0, 0.05) is 11.1 Å². The molecule has 1 N–H and O–H groups in total. The van der Waals surface area contributed by atoms with E-state index in [0.717, 1.165) is 9.87 Å². The van der Waals surface area contributed by atoms with E-state index in [2.05, 4.69) is 5.32 Å². The van der Waals surface area contributed by atoms with Gasteiger partial charge in [-0.2, -0.15) is 0 Å². The normalized spacial score (nSPS) is 11.0. The van der Waals surface area contributed by atoms with Crippen LogP contribution in [0.25, 0.3) is 0 Å². The third-order valence-corrected chi connectivity index (χ3v) is 7.08. The number of benzene rings is 3. The number of methoxy groups -OCH3 is 2. The standard InChI is InChI=1S/C25H27ClN2O6S/c1-18-4-10-21(11-5-18)34-15-14-27-25(29)17-28(20-8-6-19(26)7-9-20)35(30,31)22-12-13-23(32-2)24(16-22)33-3/h4-13,16H,14-15,17H2,1-3H3,(H,27,29). The third-order valence-electron chi connectivity index (χ3n) is 5.06. The molecule has 186 valence electrons. The van der Waals surface area contributed by atoms with Crippen LogP contribution >= 0.6 is 11.6 Å². The zero-order chi connectivity index (χ0) is 25.4. The minimum Gasteiger partial charge on any atom is -0.493 e. The average molecular weight is 519 g/mol. The number of hydrogen-bond donors (Lipinski definition) is 1. The number of amides is 1. The van der Waals surface area contributed by atoms with E-state index in [-0.39, 0.29) is 29.5 Å². The van der Waals surface area contributed by atoms with Gasteiger partial charge >= 0.3 is 0 Å². The topological polar surface area (TPSA) is 94.2 Å². The highest BCUT2D eigenvalue weighted by molar-refractivity contribution is 7.92. The number of nitrogens with zero attached hydrogens (tertiary/aromatic N) is 1. The number of halogens is 1. The van der Waals surface area contributed by atoms with Crippen molar-refractivity contribution in [2.45, 2.75) is 11.8 Å². The molecule has 0 aliphatic rings. The Morgan fingerprint density at radius 2 is 1.60 bits per heavy atom. The quantitative estimate of drug-likeness (QED) is 0.385. The number of nitrogens with one attached hydrogen (secondary N) is 1. The van der Waals surface area contributed by atoms with Gasteiger partial charge in [0.05, 0.1) is 31.3 Å². The first-order chi connectivity index (χ1) is 16.7. The first-order valence-electron chi connectivity index (χ1n) is 10.7. The maximum Gasteiger partial charge on any atom is 0.264 e. The third kappa shape index (κ3) is 6.80. The summed E-state index contributed by atoms with van der Waals surface area (Å²) in [7, 11) is -1.26. The lowest BCUT2D eigenvalue weighted by atomic mass is 10.2. The molecule has 0 saturated carbocycles. The van der Waals surface area contributed by atoms with Gasteiger partial charge < -0.3 is 19.5 Å². The highest BCUT2D eigenvalue weighted by Crippen LogP contribution is 2.32. The van der Waals surface area contributed by atoms with Crippen molar-refractivity contribution in [2.75, 3.05) is 38.2 Å². The molecular weight excluding hydrogens is 492 g/mol. The molecule has 3 aromatic carbocycles. The van der Waals surface area contributed by atoms with E-state index >= 15 is 0 Å². The van der Waals surface area contributed by atoms with Gasteiger partial charge in [0.2, 0.25) is 5.91 Å². The first-order valence-corrected chi connectivity index (χ1v) is 12.5. The minimum atomic E-state index is -4.13. The van der Waals surface area contributed by atoms with Crippen LogP contribution < -0.4 is 23.8 Å². The van der Waals surface area contributed by atoms with Crippen molar-refractivity contribution in [3.05, 3.63) is 77.3 Å². The molecule has 8 nitrogen and oxygen atoms in total. The van der Waals surface area contributed by atoms with Crippen LogP contribution in [0, 0.1) is 6.92 Å². The number of rotatable bonds is 11. The van der Waals surface area contributed by atoms with Gasteiger partial charge in [0.25, 0.3) is 10.0 Å². The van der Waals surface area contributed by atoms with Gasteiger partial charge in [-0.3, -0.25) is 9.10 Å². The smallest absolute Gasteiger partial charge is 0.264 e. The maximum atomic E-state index is 13.6. The van der Waals surface area contributed by atoms with Crippen LogP contribution in [0.15, 0.2) is 71.6 Å². The lowest BCUT2D eigenvalue weighted by Gasteiger charge is -2.24. The summed E-state index contributed by atoms with van der Waals surface area (Å²) in [5, 5.41) is 3.14. The molecule has 10 heteroatoms. The minimum absolute atomic E-state index is 0.0550. The van der Waals surface area contributed by atoms with Crippen molar-refractivity contribution in [1.82, 2.24) is 5.32 Å². The Balaban J connectivity index is 1.76. The van der Waals surface area contributed by atoms with Crippen LogP contribution in [-0.2, 0) is 14.8 Å². The van der Waals surface area contributed by atoms with E-state index in [9.17, 15) is 13.2 Å². The zero-order valence-corrected chi connectivity index (χ0v) is 21.2. The van der Waals surface area contributed by atoms with Gasteiger partial charge in [-0.1, -0.05) is 29.3 Å². The first kappa shape index (κ1) is 26.2. The van der Waals surface area contributed by atoms with Crippen molar-refractivity contribution < 1.29 is 27.4 Å². The molecule has 0 heterocycles. The molecule has 0 fully saturated rings. The van der Waals surface area contributed by atoms with Crippen molar-refractivity contribution in [1.29, 1.82) is 0 Å². The second kappa shape index (κ2) is 11.8. The van der Waals surface area contributed by atoms with E-state index in [1.54, 1.807) is 12.1 Å². The lowest BCUT2D eigenvalue weighted by molar-refractivity contribution is -0.119. The second-order valence-electron chi connectivity index (χ2n) is 7.52. The fraction of sp³-hybridized carbons (Fsp3) is 0.240. The number of aryl methyl sites for hydroxylation is 1. The molecule has 0 radical (unpaired) electrons. The number of carbonyl (C=O) groups excluding carboxylic acids is 1. The Labute approximate surface area is 210 Å². The Hall–Kier alpha value is -3.43. The van der Waals surface area contributed by atoms with E-state index in [4.69, 9.17) is 25.8 Å². The highest BCUT2D eigenvalue weighted by atomic mass is 35.5. The second-order valence-corrected chi connectivity index (χ2v) is 9.82. The van der Waals surface area contributed by atoms with Crippen molar-refractivity contribution in [2.24, 2.45) is 0 Å². The molecule has 0 aliphatic carbocycles. The lowest BCUT2D eigenvalue weighted by Crippen LogP contribution is -2.41. The summed E-state index contributed by atoms with van der Waals surface area (Å²) in [6.45, 7) is 1.98. The number of carbonyl (C=O) groups is 1. The van der Waals surface area contributed by atoms with Crippen LogP contribution in [0.4, 0.5) is 5.69 Å². The molecule has 3 rings (SSSR count). The number of hydrogen-bond acceptors (Lipinski definition) is 6. The Kier molecular flexibility index (Phi) is 8.84. The molecule has 1 amide bonds. The molecule has 0 saturated heterocycles. The van der Waals surface area contributed by atoms with Crippen molar-refractivity contribution in [3.8, 4) is 17.2 Å². The number of sulfonamides is 1. The summed E-state index contributed by atoms with van der Waals surface area (Å²) >= 11 is 5.98. The average Bonchev–Trinajstić information content (AvgIpc) is 2.86. The van der Waals surface area contributed by atoms with Crippen LogP contribution in [0.2, 0.25) is 5.02 Å². The summed E-state index contributed by atoms with van der Waals surface area (Å²) in [6.07, 6.45) is 0. The van der Waals surface area contributed by atoms with Gasteiger partial charge in [-0.25, -0.2) is 8.42 Å². The molecule has 3 aromatic rings. The fourth-order valence-corrected chi connectivity index (χ4v) is 4.77. The fourth-order valence-electron chi connectivity index (χ4n) is 3.21. The van der Waals surface area contributed by atoms with Crippen molar-refractivity contribution >= 4 is 33.2 Å². The molecular formula is C25H27ClN2O6S. The monoisotopic (exact) mass is 518 g/mol. The number of ether oxygens (including phenoxy) is 3. The van der Waals surface area contributed by atoms with Gasteiger partial charge in [-0.15, -0.1) is 0 Å². The Morgan fingerprint density at radius 1 is 0.943 bits per heavy atom. The van der Waals surface area contributed by atoms with Crippen LogP contribution in [0.5, 0.6) is 17.2 Å². The largest absolute Gasteiger partial charge is 0.493 e. The van der Waals surface area contributed by atoms with Crippen LogP contribution in [0.1, 0.15) is 5.56 Å². The maximum absolute atomic E-state index is 13.6. The highest BCUT2D eigenvalue weighted by Gasteiger charge is 2.28. The summed E-state index contributed by atoms with van der Waals surface area (Å²) in [5.41, 5.74) is 1.40. The molecule has 0 spiro atoms. The summed E-state index contributed by atoms with van der Waals surface area (Å²) in [6, 6.07) is 18.0. The SMILES string of the molecule is COc1ccc(S(=O)(=O)N(CC(=O)NCCOc2ccc(C)cc2)c2ccc(Cl)cc2)cc1OC. The summed E-state index contributed by atoms with van der Waals surface area (Å²) < 4.78 is 44.2. The molecule has 0 aliphatic heterocycles. The van der Waals surface area contributed by atoms with Gasteiger partial charge in [0.1, 0.15) is 18.9 Å². The molecule has 0 bridgehead atoms. The van der Waals surface area contributed by atoms with E-state index in [0.29, 0.717) is 16.5 Å². The Bertz CT molecular complexity index is 1250. The summed E-state index contributed by atoms with van der Waals surface area (Å²) in [5.74, 6) is 0.832. The van der Waals surface area contributed by atoms with E-state index in [1.807, 2.05) is 31.2 Å². The molecule has 0 unspecified atom stereocenters. The predicted molar refractivity (Wildman–Crippen MR) is 135 cm³/mol. The van der Waals surface area contributed by atoms with Gasteiger partial charge in [-0.05, 0) is 55.5 Å². The van der Waals surface area contributed by atoms with Crippen LogP contribution in [0.3, 0.4) is 0 Å². The van der Waals surface area contributed by atoms with Crippen molar-refractivity contribution in [3.63, 3.8) is 0 Å². The zero-order valence-electron chi connectivity index (χ0n) is 19.7. The van der Waals surface area contributed by atoms with E-state index < -0.39 is 22.5 Å². The molecule has 0 aromatic heterocycles. The Morgan fingerprint density at radius 3 is 2.23 bits per heavy atom. The predicted octanol–water partition coefficient (Wildman–Crippen LogP) is 4.06. The van der Waals surface area contributed by atoms with Crippen LogP contribution in [-0.4, -0.2) is 48.2 Å². The number of anilines is 1. The van der Waals surface area contributed by atoms with Gasteiger partial charge in [0.15, 0.2) is 11.5 Å².